The Kier molecular flexibility index (Phi) is 8.16. The predicted molar refractivity (Wildman–Crippen MR) is 109 cm³/mol. The van der Waals surface area contributed by atoms with Crippen molar-refractivity contribution < 1.29 is 14.3 Å². The minimum absolute atomic E-state index is 0.0284. The third-order valence-corrected chi connectivity index (χ3v) is 4.90. The van der Waals surface area contributed by atoms with Gasteiger partial charge in [0, 0.05) is 31.2 Å². The van der Waals surface area contributed by atoms with Gasteiger partial charge in [0.1, 0.15) is 6.54 Å². The lowest BCUT2D eigenvalue weighted by molar-refractivity contribution is -0.130. The van der Waals surface area contributed by atoms with Crippen molar-refractivity contribution in [2.75, 3.05) is 32.1 Å². The van der Waals surface area contributed by atoms with Crippen LogP contribution in [0.5, 0.6) is 0 Å². The fourth-order valence-corrected chi connectivity index (χ4v) is 3.19. The molecule has 6 nitrogen and oxygen atoms in total. The minimum Gasteiger partial charge on any atom is -0.385 e. The molecule has 0 saturated heterocycles. The largest absolute Gasteiger partial charge is 0.385 e. The van der Waals surface area contributed by atoms with Crippen molar-refractivity contribution in [1.29, 1.82) is 0 Å². The number of hydrogen-bond acceptors (Lipinski definition) is 5. The summed E-state index contributed by atoms with van der Waals surface area (Å²) >= 11 is 1.43. The Morgan fingerprint density at radius 2 is 2.00 bits per heavy atom. The Bertz CT molecular complexity index is 768. The molecule has 144 valence electrons. The van der Waals surface area contributed by atoms with Crippen molar-refractivity contribution in [3.8, 4) is 0 Å². The van der Waals surface area contributed by atoms with Crippen LogP contribution < -0.4 is 5.32 Å². The zero-order valence-electron chi connectivity index (χ0n) is 15.9. The molecule has 1 N–H and O–H groups in total. The summed E-state index contributed by atoms with van der Waals surface area (Å²) in [6, 6.07) is 9.57. The molecule has 7 heteroatoms. The van der Waals surface area contributed by atoms with Gasteiger partial charge in [0.05, 0.1) is 5.69 Å². The van der Waals surface area contributed by atoms with Crippen molar-refractivity contribution in [2.45, 2.75) is 20.3 Å². The molecule has 0 spiro atoms. The molecule has 27 heavy (non-hydrogen) atoms. The first-order valence-corrected chi connectivity index (χ1v) is 9.56. The van der Waals surface area contributed by atoms with Crippen LogP contribution in [-0.2, 0) is 14.3 Å². The topological polar surface area (TPSA) is 71.5 Å². The Labute approximate surface area is 163 Å². The Hall–Kier alpha value is -2.51. The van der Waals surface area contributed by atoms with E-state index in [0.717, 1.165) is 16.1 Å². The smallest absolute Gasteiger partial charge is 0.247 e. The van der Waals surface area contributed by atoms with Crippen LogP contribution in [0.4, 0.5) is 5.13 Å². The highest BCUT2D eigenvalue weighted by Gasteiger charge is 2.16. The van der Waals surface area contributed by atoms with Crippen molar-refractivity contribution in [2.24, 2.45) is 0 Å². The molecule has 2 amide bonds. The first-order valence-electron chi connectivity index (χ1n) is 8.74. The second kappa shape index (κ2) is 10.6. The van der Waals surface area contributed by atoms with Crippen LogP contribution in [0.3, 0.4) is 0 Å². The fraction of sp³-hybridized carbons (Fsp3) is 0.350. The molecule has 0 radical (unpaired) electrons. The number of anilines is 1. The maximum Gasteiger partial charge on any atom is 0.247 e. The number of thiazole rings is 1. The number of amides is 2. The average molecular weight is 388 g/mol. The van der Waals surface area contributed by atoms with E-state index in [-0.39, 0.29) is 18.4 Å². The van der Waals surface area contributed by atoms with E-state index in [9.17, 15) is 9.59 Å². The van der Waals surface area contributed by atoms with Gasteiger partial charge in [-0.25, -0.2) is 4.98 Å². The summed E-state index contributed by atoms with van der Waals surface area (Å²) < 4.78 is 5.05. The zero-order valence-corrected chi connectivity index (χ0v) is 16.7. The van der Waals surface area contributed by atoms with Gasteiger partial charge >= 0.3 is 0 Å². The quantitative estimate of drug-likeness (QED) is 0.529. The van der Waals surface area contributed by atoms with Crippen LogP contribution in [-0.4, -0.2) is 48.5 Å². The summed E-state index contributed by atoms with van der Waals surface area (Å²) in [5, 5.41) is 3.33. The number of nitrogens with zero attached hydrogens (tertiary/aromatic N) is 2. The highest BCUT2D eigenvalue weighted by Crippen LogP contribution is 2.20. The number of ether oxygens (including phenoxy) is 1. The molecule has 0 saturated carbocycles. The molecule has 1 heterocycles. The maximum absolute atomic E-state index is 12.6. The van der Waals surface area contributed by atoms with Crippen molar-refractivity contribution in [1.82, 2.24) is 9.88 Å². The normalized spacial score (nSPS) is 10.9. The number of nitrogens with one attached hydrogen (secondary N) is 1. The van der Waals surface area contributed by atoms with Crippen molar-refractivity contribution in [3.05, 3.63) is 52.5 Å². The van der Waals surface area contributed by atoms with Gasteiger partial charge in [-0.3, -0.25) is 9.59 Å². The highest BCUT2D eigenvalue weighted by atomic mass is 32.1. The highest BCUT2D eigenvalue weighted by molar-refractivity contribution is 7.15. The molecule has 1 aromatic carbocycles. The lowest BCUT2D eigenvalue weighted by Gasteiger charge is -2.20. The maximum atomic E-state index is 12.6. The molecule has 0 unspecified atom stereocenters. The molecule has 2 aromatic rings. The molecule has 2 rings (SSSR count). The third kappa shape index (κ3) is 6.96. The standard InChI is InChI=1S/C20H25N3O3S/c1-15-16(2)27-20(21-15)22-18(24)14-23(12-7-13-26-3)19(25)11-10-17-8-5-4-6-9-17/h4-6,8-11H,7,12-14H2,1-3H3,(H,21,22,24)/b11-10+. The number of methoxy groups -OCH3 is 1. The molecule has 0 aliphatic heterocycles. The first kappa shape index (κ1) is 20.8. The van der Waals surface area contributed by atoms with Crippen LogP contribution >= 0.6 is 11.3 Å². The lowest BCUT2D eigenvalue weighted by Crippen LogP contribution is -2.38. The summed E-state index contributed by atoms with van der Waals surface area (Å²) in [5.41, 5.74) is 1.83. The zero-order chi connectivity index (χ0) is 19.6. The van der Waals surface area contributed by atoms with Crippen molar-refractivity contribution in [3.63, 3.8) is 0 Å². The lowest BCUT2D eigenvalue weighted by atomic mass is 10.2. The van der Waals surface area contributed by atoms with Gasteiger partial charge in [-0.05, 0) is 31.9 Å². The van der Waals surface area contributed by atoms with Gasteiger partial charge < -0.3 is 15.0 Å². The van der Waals surface area contributed by atoms with Crippen LogP contribution in [0.2, 0.25) is 0 Å². The number of carbonyl (C=O) groups excluding carboxylic acids is 2. The minimum atomic E-state index is -0.261. The van der Waals surface area contributed by atoms with Gasteiger partial charge in [0.15, 0.2) is 5.13 Å². The van der Waals surface area contributed by atoms with E-state index in [1.54, 1.807) is 13.2 Å². The fourth-order valence-electron chi connectivity index (χ4n) is 2.36. The van der Waals surface area contributed by atoms with Gasteiger partial charge in [0.25, 0.3) is 0 Å². The molecule has 0 aliphatic rings. The Morgan fingerprint density at radius 3 is 2.63 bits per heavy atom. The Balaban J connectivity index is 2.00. The molecule has 0 atom stereocenters. The summed E-state index contributed by atoms with van der Waals surface area (Å²) in [5.74, 6) is -0.473. The van der Waals surface area contributed by atoms with Gasteiger partial charge in [-0.15, -0.1) is 11.3 Å². The van der Waals surface area contributed by atoms with Gasteiger partial charge in [0.2, 0.25) is 11.8 Å². The number of hydrogen-bond donors (Lipinski definition) is 1. The number of carbonyl (C=O) groups is 2. The third-order valence-electron chi connectivity index (χ3n) is 3.92. The number of aryl methyl sites for hydroxylation is 2. The SMILES string of the molecule is COCCCN(CC(=O)Nc1nc(C)c(C)s1)C(=O)/C=C/c1ccccc1. The van der Waals surface area contributed by atoms with E-state index in [2.05, 4.69) is 10.3 Å². The molecular weight excluding hydrogens is 362 g/mol. The van der Waals surface area contributed by atoms with Crippen LogP contribution in [0.1, 0.15) is 22.6 Å². The predicted octanol–water partition coefficient (Wildman–Crippen LogP) is 3.28. The van der Waals surface area contributed by atoms with Gasteiger partial charge in [-0.1, -0.05) is 30.3 Å². The average Bonchev–Trinajstić information content (AvgIpc) is 2.97. The van der Waals surface area contributed by atoms with Crippen LogP contribution in [0.15, 0.2) is 36.4 Å². The number of aromatic nitrogens is 1. The summed E-state index contributed by atoms with van der Waals surface area (Å²) in [6.07, 6.45) is 3.90. The molecule has 0 aliphatic carbocycles. The number of benzene rings is 1. The molecule has 1 aromatic heterocycles. The van der Waals surface area contributed by atoms with E-state index in [4.69, 9.17) is 4.74 Å². The van der Waals surface area contributed by atoms with Gasteiger partial charge in [-0.2, -0.15) is 0 Å². The van der Waals surface area contributed by atoms with E-state index < -0.39 is 0 Å². The molecule has 0 fully saturated rings. The monoisotopic (exact) mass is 387 g/mol. The molecule has 0 bridgehead atoms. The van der Waals surface area contributed by atoms with E-state index >= 15 is 0 Å². The summed E-state index contributed by atoms with van der Waals surface area (Å²) in [7, 11) is 1.61. The van der Waals surface area contributed by atoms with E-state index in [0.29, 0.717) is 24.7 Å². The van der Waals surface area contributed by atoms with E-state index in [1.165, 1.54) is 22.3 Å². The Morgan fingerprint density at radius 1 is 1.26 bits per heavy atom. The van der Waals surface area contributed by atoms with Crippen LogP contribution in [0.25, 0.3) is 6.08 Å². The second-order valence-electron chi connectivity index (χ2n) is 6.06. The second-order valence-corrected chi connectivity index (χ2v) is 7.26. The number of rotatable bonds is 9. The summed E-state index contributed by atoms with van der Waals surface area (Å²) in [6.45, 7) is 4.79. The van der Waals surface area contributed by atoms with Crippen LogP contribution in [0, 0.1) is 13.8 Å². The summed E-state index contributed by atoms with van der Waals surface area (Å²) in [4.78, 5) is 31.8. The molecular formula is C20H25N3O3S. The van der Waals surface area contributed by atoms with Crippen molar-refractivity contribution >= 4 is 34.4 Å². The van der Waals surface area contributed by atoms with E-state index in [1.807, 2.05) is 44.2 Å². The first-order chi connectivity index (χ1) is 13.0.